The van der Waals surface area contributed by atoms with E-state index in [0.717, 1.165) is 76.0 Å². The Morgan fingerprint density at radius 2 is 1.88 bits per heavy atom. The number of carbonyl (C=O) groups excluding carboxylic acids is 1. The summed E-state index contributed by atoms with van der Waals surface area (Å²) in [5.41, 5.74) is 4.86. The molecule has 0 saturated carbocycles. The van der Waals surface area contributed by atoms with Gasteiger partial charge in [0.2, 0.25) is 0 Å². The molecule has 1 aliphatic rings. The first-order valence-corrected chi connectivity index (χ1v) is 12.0. The maximum Gasteiger partial charge on any atom is 0.254 e. The van der Waals surface area contributed by atoms with Crippen LogP contribution in [0.5, 0.6) is 0 Å². The van der Waals surface area contributed by atoms with E-state index in [-0.39, 0.29) is 5.91 Å². The minimum Gasteiger partial charge on any atom is -0.361 e. The average Bonchev–Trinajstić information content (AvgIpc) is 3.40. The van der Waals surface area contributed by atoms with Crippen molar-refractivity contribution in [1.29, 1.82) is 0 Å². The van der Waals surface area contributed by atoms with E-state index >= 15 is 0 Å². The molecule has 3 heterocycles. The second kappa shape index (κ2) is 8.82. The quantitative estimate of drug-likeness (QED) is 0.411. The van der Waals surface area contributed by atoms with Crippen molar-refractivity contribution in [3.05, 3.63) is 76.9 Å². The highest BCUT2D eigenvalue weighted by Crippen LogP contribution is 2.32. The zero-order valence-electron chi connectivity index (χ0n) is 18.3. The van der Waals surface area contributed by atoms with Crippen molar-refractivity contribution >= 4 is 28.7 Å². The summed E-state index contributed by atoms with van der Waals surface area (Å²) in [5, 5.41) is 4.03. The van der Waals surface area contributed by atoms with E-state index in [1.165, 1.54) is 0 Å². The predicted molar refractivity (Wildman–Crippen MR) is 126 cm³/mol. The number of nitrogens with zero attached hydrogens (tertiary/aromatic N) is 3. The largest absolute Gasteiger partial charge is 0.361 e. The van der Waals surface area contributed by atoms with Crippen molar-refractivity contribution in [2.75, 3.05) is 13.1 Å². The van der Waals surface area contributed by atoms with Crippen molar-refractivity contribution in [3.8, 4) is 0 Å². The summed E-state index contributed by atoms with van der Waals surface area (Å²) in [6, 6.07) is 16.0. The lowest BCUT2D eigenvalue weighted by atomic mass is 9.95. The Bertz CT molecular complexity index is 1200. The molecule has 164 valence electrons. The Kier molecular flexibility index (Phi) is 5.74. The number of imidazole rings is 1. The van der Waals surface area contributed by atoms with Gasteiger partial charge in [-0.15, -0.1) is 11.8 Å². The van der Waals surface area contributed by atoms with Crippen LogP contribution < -0.4 is 0 Å². The molecule has 1 saturated heterocycles. The number of piperidine rings is 1. The van der Waals surface area contributed by atoms with Gasteiger partial charge in [-0.2, -0.15) is 0 Å². The molecule has 2 aromatic carbocycles. The van der Waals surface area contributed by atoms with Gasteiger partial charge in [0, 0.05) is 35.2 Å². The number of aromatic amines is 1. The topological polar surface area (TPSA) is 75.0 Å². The minimum atomic E-state index is 0.106. The van der Waals surface area contributed by atoms with Crippen LogP contribution in [0, 0.1) is 13.8 Å². The molecule has 6 nitrogen and oxygen atoms in total. The molecule has 1 N–H and O–H groups in total. The fourth-order valence-electron chi connectivity index (χ4n) is 4.32. The number of hydrogen-bond acceptors (Lipinski definition) is 5. The summed E-state index contributed by atoms with van der Waals surface area (Å²) in [6.45, 7) is 5.36. The highest BCUT2D eigenvalue weighted by atomic mass is 32.2. The summed E-state index contributed by atoms with van der Waals surface area (Å²) < 4.78 is 5.28. The van der Waals surface area contributed by atoms with Gasteiger partial charge in [0.1, 0.15) is 11.6 Å². The fourth-order valence-corrected chi connectivity index (χ4v) is 5.52. The Labute approximate surface area is 191 Å². The summed E-state index contributed by atoms with van der Waals surface area (Å²) in [5.74, 6) is 3.07. The number of amides is 1. The molecular weight excluding hydrogens is 420 g/mol. The SMILES string of the molecule is Cc1noc(C)c1CSc1ccccc1C(=O)N1CCC(c2nc3ccccc3[nH]2)CC1. The van der Waals surface area contributed by atoms with Gasteiger partial charge in [0.15, 0.2) is 0 Å². The van der Waals surface area contributed by atoms with Gasteiger partial charge in [-0.1, -0.05) is 29.4 Å². The number of nitrogens with one attached hydrogen (secondary N) is 1. The van der Waals surface area contributed by atoms with E-state index in [1.807, 2.05) is 61.2 Å². The summed E-state index contributed by atoms with van der Waals surface area (Å²) >= 11 is 1.66. The number of rotatable bonds is 5. The lowest BCUT2D eigenvalue weighted by Crippen LogP contribution is -2.38. The second-order valence-electron chi connectivity index (χ2n) is 8.29. The number of aryl methyl sites for hydroxylation is 2. The third kappa shape index (κ3) is 4.05. The molecule has 0 radical (unpaired) electrons. The normalized spacial score (nSPS) is 14.9. The monoisotopic (exact) mass is 446 g/mol. The molecule has 1 aliphatic heterocycles. The molecule has 5 rings (SSSR count). The molecular formula is C25H26N4O2S. The molecule has 32 heavy (non-hydrogen) atoms. The molecule has 2 aromatic heterocycles. The highest BCUT2D eigenvalue weighted by molar-refractivity contribution is 7.98. The number of para-hydroxylation sites is 2. The van der Waals surface area contributed by atoms with Crippen LogP contribution in [0.3, 0.4) is 0 Å². The number of benzene rings is 2. The van der Waals surface area contributed by atoms with Crippen LogP contribution in [0.15, 0.2) is 57.9 Å². The molecule has 0 unspecified atom stereocenters. The maximum absolute atomic E-state index is 13.4. The maximum atomic E-state index is 13.4. The molecule has 0 aliphatic carbocycles. The third-order valence-electron chi connectivity index (χ3n) is 6.25. The first kappa shape index (κ1) is 20.8. The predicted octanol–water partition coefficient (Wildman–Crippen LogP) is 5.48. The van der Waals surface area contributed by atoms with E-state index in [0.29, 0.717) is 5.92 Å². The molecule has 4 aromatic rings. The number of thioether (sulfide) groups is 1. The Hall–Kier alpha value is -3.06. The number of hydrogen-bond donors (Lipinski definition) is 1. The summed E-state index contributed by atoms with van der Waals surface area (Å²) in [4.78, 5) is 24.6. The van der Waals surface area contributed by atoms with Gasteiger partial charge in [-0.05, 0) is 51.0 Å². The van der Waals surface area contributed by atoms with Gasteiger partial charge >= 0.3 is 0 Å². The molecule has 7 heteroatoms. The Morgan fingerprint density at radius 1 is 1.12 bits per heavy atom. The van der Waals surface area contributed by atoms with Crippen LogP contribution in [0.1, 0.15) is 52.0 Å². The third-order valence-corrected chi connectivity index (χ3v) is 7.35. The number of carbonyl (C=O) groups is 1. The van der Waals surface area contributed by atoms with Crippen LogP contribution in [-0.2, 0) is 5.75 Å². The van der Waals surface area contributed by atoms with E-state index in [9.17, 15) is 4.79 Å². The Balaban J connectivity index is 1.26. The van der Waals surface area contributed by atoms with E-state index in [4.69, 9.17) is 9.51 Å². The van der Waals surface area contributed by atoms with Gasteiger partial charge in [-0.3, -0.25) is 4.79 Å². The summed E-state index contributed by atoms with van der Waals surface area (Å²) in [6.07, 6.45) is 1.83. The number of aromatic nitrogens is 3. The van der Waals surface area contributed by atoms with E-state index in [2.05, 4.69) is 16.2 Å². The number of H-pyrrole nitrogens is 1. The van der Waals surface area contributed by atoms with Crippen LogP contribution in [0.2, 0.25) is 0 Å². The fraction of sp³-hybridized carbons (Fsp3) is 0.320. The summed E-state index contributed by atoms with van der Waals surface area (Å²) in [7, 11) is 0. The lowest BCUT2D eigenvalue weighted by molar-refractivity contribution is 0.0708. The van der Waals surface area contributed by atoms with Gasteiger partial charge in [-0.25, -0.2) is 4.98 Å². The van der Waals surface area contributed by atoms with E-state index < -0.39 is 0 Å². The average molecular weight is 447 g/mol. The molecule has 0 atom stereocenters. The molecule has 0 bridgehead atoms. The highest BCUT2D eigenvalue weighted by Gasteiger charge is 2.27. The Morgan fingerprint density at radius 3 is 2.62 bits per heavy atom. The van der Waals surface area contributed by atoms with Crippen molar-refractivity contribution in [3.63, 3.8) is 0 Å². The molecule has 1 fully saturated rings. The first-order chi connectivity index (χ1) is 15.6. The van der Waals surface area contributed by atoms with Gasteiger partial charge < -0.3 is 14.4 Å². The van der Waals surface area contributed by atoms with Crippen LogP contribution >= 0.6 is 11.8 Å². The van der Waals surface area contributed by atoms with Crippen molar-refractivity contribution < 1.29 is 9.32 Å². The standard InChI is InChI=1S/C25H26N4O2S/c1-16-20(17(2)31-28-16)15-32-23-10-6-3-7-19(23)25(30)29-13-11-18(12-14-29)24-26-21-8-4-5-9-22(21)27-24/h3-10,18H,11-15H2,1-2H3,(H,26,27). The number of fused-ring (bicyclic) bond motifs is 1. The molecule has 1 amide bonds. The number of likely N-dealkylation sites (tertiary alicyclic amines) is 1. The lowest BCUT2D eigenvalue weighted by Gasteiger charge is -2.31. The van der Waals surface area contributed by atoms with Crippen molar-refractivity contribution in [1.82, 2.24) is 20.0 Å². The van der Waals surface area contributed by atoms with Crippen LogP contribution in [0.25, 0.3) is 11.0 Å². The zero-order chi connectivity index (χ0) is 22.1. The van der Waals surface area contributed by atoms with Gasteiger partial charge in [0.25, 0.3) is 5.91 Å². The van der Waals surface area contributed by atoms with Crippen LogP contribution in [-0.4, -0.2) is 39.0 Å². The zero-order valence-corrected chi connectivity index (χ0v) is 19.1. The molecule has 0 spiro atoms. The van der Waals surface area contributed by atoms with Gasteiger partial charge in [0.05, 0.1) is 22.3 Å². The smallest absolute Gasteiger partial charge is 0.254 e. The second-order valence-corrected chi connectivity index (χ2v) is 9.31. The minimum absolute atomic E-state index is 0.106. The van der Waals surface area contributed by atoms with Crippen molar-refractivity contribution in [2.45, 2.75) is 43.3 Å². The first-order valence-electron chi connectivity index (χ1n) is 11.0. The van der Waals surface area contributed by atoms with Crippen LogP contribution in [0.4, 0.5) is 0 Å². The van der Waals surface area contributed by atoms with Crippen molar-refractivity contribution in [2.24, 2.45) is 0 Å². The van der Waals surface area contributed by atoms with E-state index in [1.54, 1.807) is 11.8 Å².